The van der Waals surface area contributed by atoms with Crippen LogP contribution in [0.4, 0.5) is 0 Å². The number of carbonyl (C=O) groups is 1. The lowest BCUT2D eigenvalue weighted by atomic mass is 10.1. The smallest absolute Gasteiger partial charge is 0.255 e. The van der Waals surface area contributed by atoms with E-state index in [9.17, 15) is 9.90 Å². The SMILES string of the molecule is CCc1nn(C[C@@H](C)CO)c2c1C(=O)NCCCOCCC2. The molecular formula is C16H27N3O3. The molecule has 2 rings (SSSR count). The first kappa shape index (κ1) is 17.0. The number of ether oxygens (including phenoxy) is 1. The summed E-state index contributed by atoms with van der Waals surface area (Å²) in [6, 6.07) is 0. The molecule has 0 spiro atoms. The van der Waals surface area contributed by atoms with Gasteiger partial charge in [0.2, 0.25) is 0 Å². The van der Waals surface area contributed by atoms with Gasteiger partial charge >= 0.3 is 0 Å². The van der Waals surface area contributed by atoms with Gasteiger partial charge in [-0.2, -0.15) is 5.10 Å². The number of aliphatic hydroxyl groups excluding tert-OH is 1. The summed E-state index contributed by atoms with van der Waals surface area (Å²) in [4.78, 5) is 12.5. The molecule has 2 N–H and O–H groups in total. The normalized spacial score (nSPS) is 18.2. The summed E-state index contributed by atoms with van der Waals surface area (Å²) in [5, 5.41) is 16.9. The molecule has 0 bridgehead atoms. The van der Waals surface area contributed by atoms with E-state index in [1.807, 2.05) is 18.5 Å². The lowest BCUT2D eigenvalue weighted by Gasteiger charge is -2.12. The van der Waals surface area contributed by atoms with Crippen LogP contribution in [0.1, 0.15) is 48.4 Å². The first-order valence-corrected chi connectivity index (χ1v) is 8.22. The number of amides is 1. The predicted octanol–water partition coefficient (Wildman–Crippen LogP) is 1.16. The van der Waals surface area contributed by atoms with E-state index in [1.54, 1.807) is 0 Å². The molecule has 0 saturated carbocycles. The second kappa shape index (κ2) is 8.29. The van der Waals surface area contributed by atoms with Crippen LogP contribution in [0.5, 0.6) is 0 Å². The molecule has 6 heteroatoms. The summed E-state index contributed by atoms with van der Waals surface area (Å²) in [6.07, 6.45) is 3.21. The van der Waals surface area contributed by atoms with Crippen molar-refractivity contribution in [1.82, 2.24) is 15.1 Å². The number of rotatable bonds is 4. The molecule has 124 valence electrons. The van der Waals surface area contributed by atoms with Crippen molar-refractivity contribution in [3.05, 3.63) is 17.0 Å². The first-order chi connectivity index (χ1) is 10.7. The van der Waals surface area contributed by atoms with E-state index >= 15 is 0 Å². The molecule has 1 aliphatic rings. The second-order valence-corrected chi connectivity index (χ2v) is 5.92. The highest BCUT2D eigenvalue weighted by Crippen LogP contribution is 2.19. The van der Waals surface area contributed by atoms with Gasteiger partial charge in [-0.05, 0) is 31.6 Å². The van der Waals surface area contributed by atoms with Gasteiger partial charge in [-0.15, -0.1) is 0 Å². The van der Waals surface area contributed by atoms with Crippen molar-refractivity contribution in [3.8, 4) is 0 Å². The predicted molar refractivity (Wildman–Crippen MR) is 83.9 cm³/mol. The number of aromatic nitrogens is 2. The summed E-state index contributed by atoms with van der Waals surface area (Å²) in [6.45, 7) is 6.76. The van der Waals surface area contributed by atoms with Crippen molar-refractivity contribution in [2.24, 2.45) is 5.92 Å². The number of fused-ring (bicyclic) bond motifs is 1. The van der Waals surface area contributed by atoms with Gasteiger partial charge in [0.25, 0.3) is 5.91 Å². The molecule has 1 atom stereocenters. The maximum Gasteiger partial charge on any atom is 0.255 e. The fraction of sp³-hybridized carbons (Fsp3) is 0.750. The largest absolute Gasteiger partial charge is 0.396 e. The highest BCUT2D eigenvalue weighted by atomic mass is 16.5. The molecule has 1 aromatic rings. The number of carbonyl (C=O) groups excluding carboxylic acids is 1. The van der Waals surface area contributed by atoms with Crippen LogP contribution in [0.2, 0.25) is 0 Å². The summed E-state index contributed by atoms with van der Waals surface area (Å²) in [5.74, 6) is 0.0860. The fourth-order valence-electron chi connectivity index (χ4n) is 2.73. The van der Waals surface area contributed by atoms with Gasteiger partial charge in [-0.25, -0.2) is 0 Å². The Hall–Kier alpha value is -1.40. The van der Waals surface area contributed by atoms with Crippen molar-refractivity contribution in [3.63, 3.8) is 0 Å². The maximum absolute atomic E-state index is 12.5. The van der Waals surface area contributed by atoms with Crippen molar-refractivity contribution in [2.75, 3.05) is 26.4 Å². The van der Waals surface area contributed by atoms with Gasteiger partial charge in [-0.1, -0.05) is 13.8 Å². The molecule has 6 nitrogen and oxygen atoms in total. The zero-order valence-electron chi connectivity index (χ0n) is 13.6. The monoisotopic (exact) mass is 309 g/mol. The lowest BCUT2D eigenvalue weighted by molar-refractivity contribution is 0.0943. The van der Waals surface area contributed by atoms with Crippen LogP contribution in [0.3, 0.4) is 0 Å². The minimum Gasteiger partial charge on any atom is -0.396 e. The van der Waals surface area contributed by atoms with Crippen LogP contribution in [0.15, 0.2) is 0 Å². The van der Waals surface area contributed by atoms with Crippen LogP contribution in [0.25, 0.3) is 0 Å². The van der Waals surface area contributed by atoms with Crippen molar-refractivity contribution >= 4 is 5.91 Å². The van der Waals surface area contributed by atoms with E-state index < -0.39 is 0 Å². The van der Waals surface area contributed by atoms with Crippen molar-refractivity contribution in [1.29, 1.82) is 0 Å². The molecule has 0 saturated heterocycles. The standard InChI is InChI=1S/C16H27N3O3/c1-3-13-15-14(19(18-13)10-12(2)11-20)6-4-8-22-9-5-7-17-16(15)21/h12,20H,3-11H2,1-2H3,(H,17,21)/t12-/m1/s1. The van der Waals surface area contributed by atoms with Crippen LogP contribution in [-0.4, -0.2) is 47.2 Å². The number of aliphatic hydroxyl groups is 1. The Labute approximate surface area is 131 Å². The molecule has 1 amide bonds. The summed E-state index contributed by atoms with van der Waals surface area (Å²) in [5.41, 5.74) is 2.55. The fourth-order valence-corrected chi connectivity index (χ4v) is 2.73. The zero-order chi connectivity index (χ0) is 15.9. The highest BCUT2D eigenvalue weighted by Gasteiger charge is 2.23. The zero-order valence-corrected chi connectivity index (χ0v) is 13.6. The highest BCUT2D eigenvalue weighted by molar-refractivity contribution is 5.96. The average molecular weight is 309 g/mol. The Morgan fingerprint density at radius 2 is 2.18 bits per heavy atom. The lowest BCUT2D eigenvalue weighted by Crippen LogP contribution is -2.26. The average Bonchev–Trinajstić information content (AvgIpc) is 2.84. The van der Waals surface area contributed by atoms with Gasteiger partial charge in [-0.3, -0.25) is 9.48 Å². The van der Waals surface area contributed by atoms with Crippen LogP contribution in [0, 0.1) is 5.92 Å². The van der Waals surface area contributed by atoms with E-state index in [2.05, 4.69) is 10.4 Å². The number of aryl methyl sites for hydroxylation is 1. The molecule has 0 radical (unpaired) electrons. The maximum atomic E-state index is 12.5. The van der Waals surface area contributed by atoms with Crippen LogP contribution in [-0.2, 0) is 24.1 Å². The van der Waals surface area contributed by atoms with E-state index in [0.29, 0.717) is 26.3 Å². The van der Waals surface area contributed by atoms with E-state index in [-0.39, 0.29) is 18.4 Å². The van der Waals surface area contributed by atoms with Crippen molar-refractivity contribution < 1.29 is 14.6 Å². The third kappa shape index (κ3) is 4.08. The quantitative estimate of drug-likeness (QED) is 0.875. The Kier molecular flexibility index (Phi) is 6.39. The molecular weight excluding hydrogens is 282 g/mol. The summed E-state index contributed by atoms with van der Waals surface area (Å²) >= 11 is 0. The van der Waals surface area contributed by atoms with E-state index in [4.69, 9.17) is 4.74 Å². The summed E-state index contributed by atoms with van der Waals surface area (Å²) in [7, 11) is 0. The Balaban J connectivity index is 2.34. The molecule has 0 aromatic carbocycles. The molecule has 0 aliphatic carbocycles. The molecule has 0 unspecified atom stereocenters. The van der Waals surface area contributed by atoms with Crippen LogP contribution >= 0.6 is 0 Å². The third-order valence-electron chi connectivity index (χ3n) is 3.94. The third-order valence-corrected chi connectivity index (χ3v) is 3.94. The van der Waals surface area contributed by atoms with Gasteiger partial charge in [0.1, 0.15) is 0 Å². The van der Waals surface area contributed by atoms with Crippen LogP contribution < -0.4 is 5.32 Å². The Bertz CT molecular complexity index is 499. The number of hydrogen-bond acceptors (Lipinski definition) is 4. The van der Waals surface area contributed by atoms with Gasteiger partial charge in [0.05, 0.1) is 17.0 Å². The second-order valence-electron chi connectivity index (χ2n) is 5.92. The van der Waals surface area contributed by atoms with Crippen molar-refractivity contribution in [2.45, 2.75) is 46.1 Å². The summed E-state index contributed by atoms with van der Waals surface area (Å²) < 4.78 is 7.48. The van der Waals surface area contributed by atoms with Gasteiger partial charge < -0.3 is 15.2 Å². The van der Waals surface area contributed by atoms with Gasteiger partial charge in [0.15, 0.2) is 0 Å². The van der Waals surface area contributed by atoms with E-state index in [0.717, 1.165) is 42.6 Å². The molecule has 1 aliphatic heterocycles. The van der Waals surface area contributed by atoms with E-state index in [1.165, 1.54) is 0 Å². The van der Waals surface area contributed by atoms with Gasteiger partial charge in [0, 0.05) is 32.9 Å². The molecule has 22 heavy (non-hydrogen) atoms. The minimum absolute atomic E-state index is 0.0309. The topological polar surface area (TPSA) is 76.4 Å². The Morgan fingerprint density at radius 1 is 1.41 bits per heavy atom. The number of nitrogens with one attached hydrogen (secondary N) is 1. The number of hydrogen-bond donors (Lipinski definition) is 2. The molecule has 2 heterocycles. The minimum atomic E-state index is -0.0309. The molecule has 0 fully saturated rings. The Morgan fingerprint density at radius 3 is 2.91 bits per heavy atom. The number of nitrogens with zero attached hydrogens (tertiary/aromatic N) is 2. The molecule has 1 aromatic heterocycles. The first-order valence-electron chi connectivity index (χ1n) is 8.22.